The Morgan fingerprint density at radius 2 is 1.81 bits per heavy atom. The summed E-state index contributed by atoms with van der Waals surface area (Å²) in [6.07, 6.45) is -0.513. The highest BCUT2D eigenvalue weighted by Crippen LogP contribution is 2.35. The van der Waals surface area contributed by atoms with Crippen LogP contribution in [0.25, 0.3) is 10.9 Å². The van der Waals surface area contributed by atoms with Gasteiger partial charge in [-0.15, -0.1) is 0 Å². The summed E-state index contributed by atoms with van der Waals surface area (Å²) in [5.74, 6) is -0.127. The van der Waals surface area contributed by atoms with Gasteiger partial charge < -0.3 is 9.47 Å². The van der Waals surface area contributed by atoms with Crippen molar-refractivity contribution in [3.8, 4) is 0 Å². The third kappa shape index (κ3) is 4.59. The lowest BCUT2D eigenvalue weighted by molar-refractivity contribution is -0.141. The second kappa shape index (κ2) is 9.54. The molecule has 192 valence electrons. The fraction of sp³-hybridized carbons (Fsp3) is 0.462. The van der Waals surface area contributed by atoms with E-state index in [4.69, 9.17) is 23.2 Å². The number of amides is 1. The highest BCUT2D eigenvalue weighted by atomic mass is 35.5. The minimum Gasteiger partial charge on any atom is -0.347 e. The molecule has 3 heterocycles. The number of benzene rings is 1. The van der Waals surface area contributed by atoms with Gasteiger partial charge >= 0.3 is 6.18 Å². The minimum atomic E-state index is -4.53. The Morgan fingerprint density at radius 3 is 2.42 bits per heavy atom. The molecule has 0 spiro atoms. The van der Waals surface area contributed by atoms with Crippen LogP contribution < -0.4 is 0 Å². The van der Waals surface area contributed by atoms with Gasteiger partial charge in [0.05, 0.1) is 16.1 Å². The Morgan fingerprint density at radius 1 is 1.11 bits per heavy atom. The van der Waals surface area contributed by atoms with Crippen molar-refractivity contribution in [3.05, 3.63) is 62.5 Å². The number of fused-ring (bicyclic) bond motifs is 1. The Kier molecular flexibility index (Phi) is 6.72. The lowest BCUT2D eigenvalue weighted by Gasteiger charge is -2.43. The number of pyridine rings is 1. The average molecular weight is 539 g/mol. The lowest BCUT2D eigenvalue weighted by atomic mass is 9.91. The number of hydrogen-bond donors (Lipinski definition) is 0. The first-order chi connectivity index (χ1) is 17.0. The number of halogens is 5. The first kappa shape index (κ1) is 25.4. The van der Waals surface area contributed by atoms with Crippen molar-refractivity contribution < 1.29 is 18.0 Å². The maximum atomic E-state index is 13.3. The van der Waals surface area contributed by atoms with Gasteiger partial charge in [0.1, 0.15) is 5.69 Å². The van der Waals surface area contributed by atoms with E-state index in [9.17, 15) is 18.0 Å². The van der Waals surface area contributed by atoms with E-state index in [0.29, 0.717) is 51.9 Å². The number of aromatic nitrogens is 2. The number of carbonyl (C=O) groups is 1. The Hall–Kier alpha value is -2.29. The predicted octanol–water partition coefficient (Wildman–Crippen LogP) is 6.11. The van der Waals surface area contributed by atoms with Gasteiger partial charge in [-0.05, 0) is 49.6 Å². The second-order valence-electron chi connectivity index (χ2n) is 9.70. The molecule has 1 aromatic carbocycles. The molecule has 1 saturated heterocycles. The van der Waals surface area contributed by atoms with Crippen LogP contribution >= 0.6 is 23.2 Å². The van der Waals surface area contributed by atoms with Crippen LogP contribution in [0.2, 0.25) is 10.0 Å². The summed E-state index contributed by atoms with van der Waals surface area (Å²) in [6.45, 7) is 4.59. The van der Waals surface area contributed by atoms with Gasteiger partial charge in [-0.2, -0.15) is 13.2 Å². The molecule has 0 N–H and O–H groups in total. The molecule has 2 fully saturated rings. The molecule has 1 saturated carbocycles. The standard InChI is InChI=1S/C26H27Cl2F3N4O/c1-15-19-12-17(33(2)22(19)14-23(32-15)26(29,30)31)13-20-21(27)7-6-18(24(20)28)25(36)35-10-8-34(9-11-35)16-4-3-5-16/h6-7,12,14,16H,3-5,8-11,13H2,1-2H3. The van der Waals surface area contributed by atoms with Gasteiger partial charge in [0.25, 0.3) is 5.91 Å². The molecule has 1 aliphatic heterocycles. The zero-order valence-corrected chi connectivity index (χ0v) is 21.6. The third-order valence-corrected chi connectivity index (χ3v) is 8.37. The summed E-state index contributed by atoms with van der Waals surface area (Å²) < 4.78 is 41.6. The molecule has 3 aromatic rings. The molecule has 0 bridgehead atoms. The summed E-state index contributed by atoms with van der Waals surface area (Å²) in [5.41, 5.74) is 1.48. The van der Waals surface area contributed by atoms with Crippen molar-refractivity contribution in [2.75, 3.05) is 26.2 Å². The molecule has 0 radical (unpaired) electrons. The summed E-state index contributed by atoms with van der Waals surface area (Å²) in [7, 11) is 1.70. The van der Waals surface area contributed by atoms with Gasteiger partial charge in [-0.3, -0.25) is 9.69 Å². The first-order valence-corrected chi connectivity index (χ1v) is 12.8. The summed E-state index contributed by atoms with van der Waals surface area (Å²) in [4.78, 5) is 21.4. The van der Waals surface area contributed by atoms with E-state index in [1.165, 1.54) is 19.3 Å². The van der Waals surface area contributed by atoms with E-state index < -0.39 is 11.9 Å². The Bertz CT molecular complexity index is 1330. The quantitative estimate of drug-likeness (QED) is 0.402. The van der Waals surface area contributed by atoms with Gasteiger partial charge in [0.15, 0.2) is 0 Å². The van der Waals surface area contributed by atoms with E-state index >= 15 is 0 Å². The van der Waals surface area contributed by atoms with Crippen LogP contribution in [0.15, 0.2) is 24.3 Å². The van der Waals surface area contributed by atoms with E-state index in [1.807, 2.05) is 4.90 Å². The van der Waals surface area contributed by atoms with E-state index in [1.54, 1.807) is 36.7 Å². The van der Waals surface area contributed by atoms with Crippen LogP contribution in [0.1, 0.15) is 52.3 Å². The maximum absolute atomic E-state index is 13.3. The largest absolute Gasteiger partial charge is 0.433 e. The zero-order valence-electron chi connectivity index (χ0n) is 20.1. The second-order valence-corrected chi connectivity index (χ2v) is 10.5. The van der Waals surface area contributed by atoms with Crippen molar-refractivity contribution in [2.45, 2.75) is 44.8 Å². The van der Waals surface area contributed by atoms with Crippen molar-refractivity contribution in [2.24, 2.45) is 7.05 Å². The topological polar surface area (TPSA) is 41.4 Å². The maximum Gasteiger partial charge on any atom is 0.433 e. The van der Waals surface area contributed by atoms with Crippen LogP contribution in [0.3, 0.4) is 0 Å². The number of nitrogens with zero attached hydrogens (tertiary/aromatic N) is 4. The molecule has 0 atom stereocenters. The van der Waals surface area contributed by atoms with E-state index in [0.717, 1.165) is 24.8 Å². The zero-order chi connectivity index (χ0) is 25.8. The van der Waals surface area contributed by atoms with Crippen molar-refractivity contribution >= 4 is 40.0 Å². The Labute approximate surface area is 217 Å². The normalized spacial score (nSPS) is 17.6. The summed E-state index contributed by atoms with van der Waals surface area (Å²) in [6, 6.07) is 6.83. The first-order valence-electron chi connectivity index (χ1n) is 12.1. The molecule has 5 rings (SSSR count). The number of piperazine rings is 1. The number of rotatable bonds is 4. The van der Waals surface area contributed by atoms with Crippen LogP contribution in [-0.4, -0.2) is 57.5 Å². The molecular weight excluding hydrogens is 512 g/mol. The van der Waals surface area contributed by atoms with Gasteiger partial charge in [0, 0.05) is 67.5 Å². The SMILES string of the molecule is Cc1nc(C(F)(F)F)cc2c1cc(Cc1c(Cl)ccc(C(=O)N3CCN(C4CCC4)CC3)c1Cl)n2C. The Balaban J connectivity index is 1.41. The average Bonchev–Trinajstić information content (AvgIpc) is 3.11. The predicted molar refractivity (Wildman–Crippen MR) is 135 cm³/mol. The molecule has 2 aromatic heterocycles. The van der Waals surface area contributed by atoms with Crippen molar-refractivity contribution in [1.82, 2.24) is 19.4 Å². The highest BCUT2D eigenvalue weighted by molar-refractivity contribution is 6.38. The fourth-order valence-electron chi connectivity index (χ4n) is 5.17. The van der Waals surface area contributed by atoms with E-state index in [2.05, 4.69) is 9.88 Å². The molecule has 1 aliphatic carbocycles. The van der Waals surface area contributed by atoms with Crippen molar-refractivity contribution in [3.63, 3.8) is 0 Å². The molecule has 1 amide bonds. The van der Waals surface area contributed by atoms with Crippen LogP contribution in [0.5, 0.6) is 0 Å². The van der Waals surface area contributed by atoms with Gasteiger partial charge in [-0.1, -0.05) is 29.6 Å². The van der Waals surface area contributed by atoms with Gasteiger partial charge in [-0.25, -0.2) is 4.98 Å². The highest BCUT2D eigenvalue weighted by Gasteiger charge is 2.34. The van der Waals surface area contributed by atoms with Crippen LogP contribution in [-0.2, 0) is 19.6 Å². The molecular formula is C26H27Cl2F3N4O. The summed E-state index contributed by atoms with van der Waals surface area (Å²) in [5, 5.41) is 1.32. The lowest BCUT2D eigenvalue weighted by Crippen LogP contribution is -2.53. The van der Waals surface area contributed by atoms with E-state index in [-0.39, 0.29) is 17.4 Å². The molecule has 5 nitrogen and oxygen atoms in total. The number of alkyl halides is 3. The number of carbonyl (C=O) groups excluding carboxylic acids is 1. The van der Waals surface area contributed by atoms with Crippen molar-refractivity contribution in [1.29, 1.82) is 0 Å². The smallest absolute Gasteiger partial charge is 0.347 e. The molecule has 36 heavy (non-hydrogen) atoms. The third-order valence-electron chi connectivity index (χ3n) is 7.59. The monoisotopic (exact) mass is 538 g/mol. The number of hydrogen-bond acceptors (Lipinski definition) is 3. The molecule has 10 heteroatoms. The van der Waals surface area contributed by atoms with Crippen LogP contribution in [0.4, 0.5) is 13.2 Å². The molecule has 2 aliphatic rings. The summed E-state index contributed by atoms with van der Waals surface area (Å²) >= 11 is 13.2. The van der Waals surface area contributed by atoms with Crippen LogP contribution in [0, 0.1) is 6.92 Å². The minimum absolute atomic E-state index is 0.127. The molecule has 0 unspecified atom stereocenters. The van der Waals surface area contributed by atoms with Gasteiger partial charge in [0.2, 0.25) is 0 Å². The number of aryl methyl sites for hydroxylation is 2. The fourth-order valence-corrected chi connectivity index (χ4v) is 5.76.